The Balaban J connectivity index is 2.44. The van der Waals surface area contributed by atoms with Gasteiger partial charge in [0, 0.05) is 14.1 Å². The molecular weight excluding hydrogens is 180 g/mol. The summed E-state index contributed by atoms with van der Waals surface area (Å²) in [5.41, 5.74) is 0. The number of hydrogen-bond donors (Lipinski definition) is 2. The van der Waals surface area contributed by atoms with Gasteiger partial charge in [0.25, 0.3) is 0 Å². The summed E-state index contributed by atoms with van der Waals surface area (Å²) in [7, 11) is 3.41. The lowest BCUT2D eigenvalue weighted by atomic mass is 10.1. The molecule has 82 valence electrons. The van der Waals surface area contributed by atoms with E-state index in [9.17, 15) is 9.90 Å². The van der Waals surface area contributed by atoms with Crippen LogP contribution in [0.5, 0.6) is 0 Å². The van der Waals surface area contributed by atoms with Crippen molar-refractivity contribution in [3.05, 3.63) is 0 Å². The molecule has 2 atom stereocenters. The van der Waals surface area contributed by atoms with Crippen molar-refractivity contribution in [2.24, 2.45) is 0 Å². The van der Waals surface area contributed by atoms with Crippen molar-refractivity contribution < 1.29 is 9.90 Å². The van der Waals surface area contributed by atoms with E-state index in [2.05, 4.69) is 5.32 Å². The summed E-state index contributed by atoms with van der Waals surface area (Å²) in [6.07, 6.45) is 4.64. The van der Waals surface area contributed by atoms with Gasteiger partial charge in [0.2, 0.25) is 0 Å². The molecule has 1 aliphatic rings. The van der Waals surface area contributed by atoms with Crippen LogP contribution in [-0.2, 0) is 0 Å². The van der Waals surface area contributed by atoms with Crippen molar-refractivity contribution in [2.45, 2.75) is 44.2 Å². The van der Waals surface area contributed by atoms with Crippen LogP contribution in [0.1, 0.15) is 32.1 Å². The Morgan fingerprint density at radius 2 is 1.93 bits per heavy atom. The van der Waals surface area contributed by atoms with Crippen LogP contribution in [0.3, 0.4) is 0 Å². The molecule has 1 saturated carbocycles. The minimum atomic E-state index is -0.374. The van der Waals surface area contributed by atoms with Gasteiger partial charge in [-0.25, -0.2) is 4.79 Å². The molecule has 1 fully saturated rings. The van der Waals surface area contributed by atoms with E-state index in [-0.39, 0.29) is 18.2 Å². The van der Waals surface area contributed by atoms with E-state index < -0.39 is 0 Å². The van der Waals surface area contributed by atoms with Crippen molar-refractivity contribution in [3.8, 4) is 0 Å². The van der Waals surface area contributed by atoms with Gasteiger partial charge in [0.15, 0.2) is 0 Å². The molecule has 0 aromatic heterocycles. The molecule has 1 aliphatic carbocycles. The number of hydrogen-bond acceptors (Lipinski definition) is 2. The van der Waals surface area contributed by atoms with Crippen molar-refractivity contribution in [2.75, 3.05) is 14.1 Å². The molecule has 0 aromatic rings. The Labute approximate surface area is 85.3 Å². The molecule has 4 nitrogen and oxygen atoms in total. The van der Waals surface area contributed by atoms with Gasteiger partial charge in [-0.15, -0.1) is 0 Å². The maximum Gasteiger partial charge on any atom is 0.317 e. The van der Waals surface area contributed by atoms with E-state index in [0.717, 1.165) is 32.1 Å². The molecule has 0 aromatic carbocycles. The number of carbonyl (C=O) groups is 1. The number of nitrogens with zero attached hydrogens (tertiary/aromatic N) is 1. The van der Waals surface area contributed by atoms with Crippen molar-refractivity contribution in [1.29, 1.82) is 0 Å². The van der Waals surface area contributed by atoms with E-state index >= 15 is 0 Å². The zero-order chi connectivity index (χ0) is 10.6. The SMILES string of the molecule is CN(C)C(=O)NC1CCCCCC1O. The minimum Gasteiger partial charge on any atom is -0.391 e. The fourth-order valence-corrected chi connectivity index (χ4v) is 1.74. The highest BCUT2D eigenvalue weighted by atomic mass is 16.3. The Hall–Kier alpha value is -0.770. The zero-order valence-corrected chi connectivity index (χ0v) is 8.99. The molecule has 4 heteroatoms. The highest BCUT2D eigenvalue weighted by Crippen LogP contribution is 2.17. The van der Waals surface area contributed by atoms with Crippen molar-refractivity contribution >= 4 is 6.03 Å². The van der Waals surface area contributed by atoms with Crippen LogP contribution in [0.4, 0.5) is 4.79 Å². The third-order valence-corrected chi connectivity index (χ3v) is 2.69. The van der Waals surface area contributed by atoms with Crippen LogP contribution in [0, 0.1) is 0 Å². The standard InChI is InChI=1S/C10H20N2O2/c1-12(2)10(14)11-8-6-4-3-5-7-9(8)13/h8-9,13H,3-7H2,1-2H3,(H,11,14). The van der Waals surface area contributed by atoms with E-state index in [1.54, 1.807) is 14.1 Å². The quantitative estimate of drug-likeness (QED) is 0.619. The Kier molecular flexibility index (Phi) is 4.20. The second-order valence-corrected chi connectivity index (χ2v) is 4.16. The third-order valence-electron chi connectivity index (χ3n) is 2.69. The van der Waals surface area contributed by atoms with E-state index in [4.69, 9.17) is 0 Å². The number of aliphatic hydroxyl groups is 1. The number of amides is 2. The molecule has 0 saturated heterocycles. The lowest BCUT2D eigenvalue weighted by Crippen LogP contribution is -2.46. The van der Waals surface area contributed by atoms with Gasteiger partial charge in [0.05, 0.1) is 12.1 Å². The number of urea groups is 1. The number of nitrogens with one attached hydrogen (secondary N) is 1. The predicted octanol–water partition coefficient (Wildman–Crippen LogP) is 0.951. The van der Waals surface area contributed by atoms with Crippen molar-refractivity contribution in [3.63, 3.8) is 0 Å². The summed E-state index contributed by atoms with van der Waals surface area (Å²) in [4.78, 5) is 12.9. The highest BCUT2D eigenvalue weighted by molar-refractivity contribution is 5.73. The Morgan fingerprint density at radius 1 is 1.29 bits per heavy atom. The smallest absolute Gasteiger partial charge is 0.317 e. The monoisotopic (exact) mass is 200 g/mol. The van der Waals surface area contributed by atoms with Crippen LogP contribution < -0.4 is 5.32 Å². The maximum absolute atomic E-state index is 11.4. The van der Waals surface area contributed by atoms with E-state index in [1.807, 2.05) is 0 Å². The van der Waals surface area contributed by atoms with Crippen LogP contribution in [-0.4, -0.2) is 42.3 Å². The molecule has 0 bridgehead atoms. The topological polar surface area (TPSA) is 52.6 Å². The van der Waals surface area contributed by atoms with Crippen LogP contribution in [0.25, 0.3) is 0 Å². The van der Waals surface area contributed by atoms with Gasteiger partial charge >= 0.3 is 6.03 Å². The number of carbonyl (C=O) groups excluding carboxylic acids is 1. The van der Waals surface area contributed by atoms with Gasteiger partial charge in [-0.3, -0.25) is 0 Å². The Bertz CT molecular complexity index is 195. The second kappa shape index (κ2) is 5.20. The summed E-state index contributed by atoms with van der Waals surface area (Å²) in [6, 6.07) is -0.177. The molecule has 1 rings (SSSR count). The van der Waals surface area contributed by atoms with Crippen LogP contribution >= 0.6 is 0 Å². The highest BCUT2D eigenvalue weighted by Gasteiger charge is 2.23. The molecule has 2 N–H and O–H groups in total. The molecular formula is C10H20N2O2. The Morgan fingerprint density at radius 3 is 2.57 bits per heavy atom. The zero-order valence-electron chi connectivity index (χ0n) is 8.99. The van der Waals surface area contributed by atoms with Gasteiger partial charge in [0.1, 0.15) is 0 Å². The molecule has 0 heterocycles. The molecule has 2 amide bonds. The average Bonchev–Trinajstić information content (AvgIpc) is 2.32. The fraction of sp³-hybridized carbons (Fsp3) is 0.900. The van der Waals surface area contributed by atoms with Gasteiger partial charge in [-0.2, -0.15) is 0 Å². The fourth-order valence-electron chi connectivity index (χ4n) is 1.74. The van der Waals surface area contributed by atoms with Crippen molar-refractivity contribution in [1.82, 2.24) is 10.2 Å². The van der Waals surface area contributed by atoms with Crippen LogP contribution in [0.2, 0.25) is 0 Å². The third kappa shape index (κ3) is 3.18. The normalized spacial score (nSPS) is 27.9. The first-order chi connectivity index (χ1) is 6.61. The summed E-state index contributed by atoms with van der Waals surface area (Å²) in [5, 5.41) is 12.6. The number of rotatable bonds is 1. The summed E-state index contributed by atoms with van der Waals surface area (Å²) < 4.78 is 0. The lowest BCUT2D eigenvalue weighted by molar-refractivity contribution is 0.119. The minimum absolute atomic E-state index is 0.0626. The lowest BCUT2D eigenvalue weighted by Gasteiger charge is -2.23. The predicted molar refractivity (Wildman–Crippen MR) is 55.1 cm³/mol. The molecule has 14 heavy (non-hydrogen) atoms. The molecule has 0 radical (unpaired) electrons. The van der Waals surface area contributed by atoms with Gasteiger partial charge in [-0.1, -0.05) is 19.3 Å². The first-order valence-electron chi connectivity index (χ1n) is 5.27. The van der Waals surface area contributed by atoms with Gasteiger partial charge in [-0.05, 0) is 12.8 Å². The van der Waals surface area contributed by atoms with Gasteiger partial charge < -0.3 is 15.3 Å². The average molecular weight is 200 g/mol. The first-order valence-corrected chi connectivity index (χ1v) is 5.27. The summed E-state index contributed by atoms with van der Waals surface area (Å²) >= 11 is 0. The summed E-state index contributed by atoms with van der Waals surface area (Å²) in [5.74, 6) is 0. The largest absolute Gasteiger partial charge is 0.391 e. The van der Waals surface area contributed by atoms with E-state index in [0.29, 0.717) is 0 Å². The first kappa shape index (κ1) is 11.3. The molecule has 2 unspecified atom stereocenters. The molecule has 0 aliphatic heterocycles. The maximum atomic E-state index is 11.4. The van der Waals surface area contributed by atoms with Crippen LogP contribution in [0.15, 0.2) is 0 Å². The number of aliphatic hydroxyl groups excluding tert-OH is 1. The summed E-state index contributed by atoms with van der Waals surface area (Å²) in [6.45, 7) is 0. The molecule has 0 spiro atoms. The van der Waals surface area contributed by atoms with E-state index in [1.165, 1.54) is 4.90 Å². The second-order valence-electron chi connectivity index (χ2n) is 4.16.